The third-order valence-electron chi connectivity index (χ3n) is 8.80. The second-order valence-corrected chi connectivity index (χ2v) is 12.3. The lowest BCUT2D eigenvalue weighted by Crippen LogP contribution is -2.61. The number of rotatable bonds is 4. The van der Waals surface area contributed by atoms with E-state index in [2.05, 4.69) is 96.1 Å². The summed E-state index contributed by atoms with van der Waals surface area (Å²) in [4.78, 5) is 19.0. The molecular formula is C33H34N4OS. The molecule has 1 amide bonds. The third-order valence-corrected chi connectivity index (χ3v) is 9.75. The molecular weight excluding hydrogens is 500 g/mol. The number of anilines is 1. The highest BCUT2D eigenvalue weighted by atomic mass is 32.2. The fraction of sp³-hybridized carbons (Fsp3) is 0.333. The molecule has 2 aliphatic carbocycles. The molecule has 3 aromatic rings. The Hall–Kier alpha value is -3.51. The van der Waals surface area contributed by atoms with Crippen LogP contribution >= 0.6 is 11.8 Å². The molecule has 1 saturated carbocycles. The molecule has 7 rings (SSSR count). The molecule has 0 radical (unpaired) electrons. The normalized spacial score (nSPS) is 21.3. The van der Waals surface area contributed by atoms with Gasteiger partial charge in [-0.15, -0.1) is 0 Å². The van der Waals surface area contributed by atoms with Crippen molar-refractivity contribution in [2.45, 2.75) is 58.2 Å². The summed E-state index contributed by atoms with van der Waals surface area (Å²) in [7, 11) is 0. The van der Waals surface area contributed by atoms with Gasteiger partial charge in [0.2, 0.25) is 6.29 Å². The number of benzene rings is 3. The molecule has 6 heteroatoms. The Morgan fingerprint density at radius 1 is 0.923 bits per heavy atom. The van der Waals surface area contributed by atoms with Crippen molar-refractivity contribution >= 4 is 34.2 Å². The molecule has 1 atom stereocenters. The van der Waals surface area contributed by atoms with Crippen LogP contribution in [0.2, 0.25) is 0 Å². The molecule has 198 valence electrons. The summed E-state index contributed by atoms with van der Waals surface area (Å²) >= 11 is 1.77. The quantitative estimate of drug-likeness (QED) is 0.405. The largest absolute Gasteiger partial charge is 0.278 e. The lowest BCUT2D eigenvalue weighted by Gasteiger charge is -2.51. The van der Waals surface area contributed by atoms with E-state index >= 15 is 0 Å². The van der Waals surface area contributed by atoms with Gasteiger partial charge in [0, 0.05) is 28.0 Å². The number of amidine groups is 1. The highest BCUT2D eigenvalue weighted by Gasteiger charge is 2.54. The van der Waals surface area contributed by atoms with E-state index in [-0.39, 0.29) is 17.6 Å². The molecule has 5 nitrogen and oxygen atoms in total. The zero-order valence-electron chi connectivity index (χ0n) is 22.4. The molecule has 1 fully saturated rings. The van der Waals surface area contributed by atoms with Gasteiger partial charge in [0.15, 0.2) is 5.17 Å². The van der Waals surface area contributed by atoms with Crippen LogP contribution in [-0.4, -0.2) is 28.0 Å². The van der Waals surface area contributed by atoms with Crippen molar-refractivity contribution in [2.75, 3.05) is 10.7 Å². The number of fused-ring (bicyclic) bond motifs is 5. The summed E-state index contributed by atoms with van der Waals surface area (Å²) in [5, 5.41) is 5.80. The highest BCUT2D eigenvalue weighted by Crippen LogP contribution is 2.55. The number of aryl methyl sites for hydroxylation is 2. The molecule has 39 heavy (non-hydrogen) atoms. The fourth-order valence-electron chi connectivity index (χ4n) is 6.90. The average Bonchev–Trinajstić information content (AvgIpc) is 3.38. The number of nitrogens with zero attached hydrogens (tertiary/aromatic N) is 3. The predicted molar refractivity (Wildman–Crippen MR) is 160 cm³/mol. The van der Waals surface area contributed by atoms with E-state index in [1.165, 1.54) is 41.5 Å². The second kappa shape index (κ2) is 9.91. The van der Waals surface area contributed by atoms with E-state index in [4.69, 9.17) is 5.10 Å². The Bertz CT molecular complexity index is 1460. The van der Waals surface area contributed by atoms with Gasteiger partial charge in [-0.05, 0) is 55.9 Å². The van der Waals surface area contributed by atoms with E-state index in [1.807, 2.05) is 4.90 Å². The van der Waals surface area contributed by atoms with Crippen LogP contribution < -0.4 is 10.3 Å². The first-order chi connectivity index (χ1) is 19.1. The minimum atomic E-state index is -0.384. The number of carbonyl (C=O) groups is 1. The summed E-state index contributed by atoms with van der Waals surface area (Å²) in [5.74, 6) is 1.05. The molecule has 1 unspecified atom stereocenters. The smallest absolute Gasteiger partial charge is 0.260 e. The maximum Gasteiger partial charge on any atom is 0.260 e. The van der Waals surface area contributed by atoms with Crippen LogP contribution in [0.3, 0.4) is 0 Å². The van der Waals surface area contributed by atoms with Crippen molar-refractivity contribution in [3.63, 3.8) is 0 Å². The molecule has 1 N–H and O–H groups in total. The molecule has 0 saturated heterocycles. The van der Waals surface area contributed by atoms with Gasteiger partial charge < -0.3 is 0 Å². The summed E-state index contributed by atoms with van der Waals surface area (Å²) in [6.45, 7) is 2.09. The van der Waals surface area contributed by atoms with Crippen molar-refractivity contribution in [1.82, 2.24) is 10.3 Å². The molecule has 1 spiro atoms. The van der Waals surface area contributed by atoms with Gasteiger partial charge in [-0.25, -0.2) is 0 Å². The van der Waals surface area contributed by atoms with Crippen LogP contribution in [0.4, 0.5) is 5.69 Å². The molecule has 3 aromatic carbocycles. The fourth-order valence-corrected chi connectivity index (χ4v) is 7.87. The molecule has 0 bridgehead atoms. The van der Waals surface area contributed by atoms with Crippen LogP contribution in [-0.2, 0) is 17.6 Å². The highest BCUT2D eigenvalue weighted by molar-refractivity contribution is 8.13. The van der Waals surface area contributed by atoms with Gasteiger partial charge in [0.05, 0.1) is 5.70 Å². The lowest BCUT2D eigenvalue weighted by molar-refractivity contribution is -0.118. The Balaban J connectivity index is 1.35. The van der Waals surface area contributed by atoms with Crippen LogP contribution in [0.15, 0.2) is 89.5 Å². The van der Waals surface area contributed by atoms with Gasteiger partial charge in [-0.1, -0.05) is 103 Å². The first kappa shape index (κ1) is 24.5. The summed E-state index contributed by atoms with van der Waals surface area (Å²) in [5.41, 5.74) is 11.3. The van der Waals surface area contributed by atoms with Crippen LogP contribution in [0.25, 0.3) is 5.70 Å². The number of hydrogen-bond acceptors (Lipinski definition) is 5. The van der Waals surface area contributed by atoms with Crippen LogP contribution in [0.5, 0.6) is 0 Å². The Morgan fingerprint density at radius 2 is 1.67 bits per heavy atom. The minimum absolute atomic E-state index is 0.129. The number of carbonyl (C=O) groups excluding carboxylic acids is 1. The molecule has 2 aliphatic heterocycles. The Kier molecular flexibility index (Phi) is 6.23. The van der Waals surface area contributed by atoms with E-state index in [9.17, 15) is 4.79 Å². The van der Waals surface area contributed by atoms with Crippen LogP contribution in [0.1, 0.15) is 54.4 Å². The topological polar surface area (TPSA) is 47.9 Å². The number of amides is 1. The maximum absolute atomic E-state index is 14.7. The standard InChI is InChI=1S/C33H34N4OS/c1-23-14-16-26(17-15-23)36-30(38)28-29(27-13-7-6-12-25(27)22-33(28)19-8-3-9-20-33)37-31(36)34-35-32(37)39-21-18-24-10-4-2-5-11-24/h2,4-7,10-17,31,34H,3,8-9,18-22H2,1H3. The van der Waals surface area contributed by atoms with Crippen molar-refractivity contribution in [2.24, 2.45) is 10.5 Å². The summed E-state index contributed by atoms with van der Waals surface area (Å²) in [6, 6.07) is 27.7. The predicted octanol–water partition coefficient (Wildman–Crippen LogP) is 6.70. The monoisotopic (exact) mass is 534 g/mol. The third kappa shape index (κ3) is 4.17. The average molecular weight is 535 g/mol. The number of nitrogens with one attached hydrogen (secondary N) is 1. The first-order valence-electron chi connectivity index (χ1n) is 14.2. The maximum atomic E-state index is 14.7. The minimum Gasteiger partial charge on any atom is -0.278 e. The zero-order valence-corrected chi connectivity index (χ0v) is 23.2. The van der Waals surface area contributed by atoms with Gasteiger partial charge in [0.1, 0.15) is 0 Å². The molecule has 4 aliphatic rings. The number of hydrazone groups is 1. The van der Waals surface area contributed by atoms with Crippen molar-refractivity contribution < 1.29 is 4.79 Å². The zero-order chi connectivity index (χ0) is 26.4. The SMILES string of the molecule is Cc1ccc(N2C(=O)C3=C(c4ccccc4CC34CCCCC4)N3C(SCCc4ccccc4)=NNC32)cc1. The lowest BCUT2D eigenvalue weighted by atomic mass is 9.61. The summed E-state index contributed by atoms with van der Waals surface area (Å²) < 4.78 is 0. The van der Waals surface area contributed by atoms with Crippen LogP contribution in [0, 0.1) is 12.3 Å². The van der Waals surface area contributed by atoms with Crippen molar-refractivity contribution in [1.29, 1.82) is 0 Å². The molecule has 0 aromatic heterocycles. The van der Waals surface area contributed by atoms with Gasteiger partial charge >= 0.3 is 0 Å². The number of hydrogen-bond donors (Lipinski definition) is 1. The Morgan fingerprint density at radius 3 is 2.46 bits per heavy atom. The van der Waals surface area contributed by atoms with E-state index in [0.29, 0.717) is 0 Å². The first-order valence-corrected chi connectivity index (χ1v) is 15.2. The van der Waals surface area contributed by atoms with Gasteiger partial charge in [-0.3, -0.25) is 20.0 Å². The van der Waals surface area contributed by atoms with E-state index < -0.39 is 0 Å². The van der Waals surface area contributed by atoms with Crippen molar-refractivity contribution in [3.8, 4) is 0 Å². The number of thioether (sulfide) groups is 1. The van der Waals surface area contributed by atoms with Crippen molar-refractivity contribution in [3.05, 3.63) is 107 Å². The van der Waals surface area contributed by atoms with E-state index in [1.54, 1.807) is 11.8 Å². The second-order valence-electron chi connectivity index (χ2n) is 11.3. The summed E-state index contributed by atoms with van der Waals surface area (Å²) in [6.07, 6.45) is 7.24. The Labute approximate surface area is 235 Å². The van der Waals surface area contributed by atoms with E-state index in [0.717, 1.165) is 53.6 Å². The van der Waals surface area contributed by atoms with Gasteiger partial charge in [-0.2, -0.15) is 5.10 Å². The molecule has 2 heterocycles. The van der Waals surface area contributed by atoms with Gasteiger partial charge in [0.25, 0.3) is 5.91 Å².